The van der Waals surface area contributed by atoms with Gasteiger partial charge in [-0.15, -0.1) is 0 Å². The van der Waals surface area contributed by atoms with Gasteiger partial charge in [-0.1, -0.05) is 35.4 Å². The number of hydrogen-bond donors (Lipinski definition) is 0. The lowest BCUT2D eigenvalue weighted by Gasteiger charge is -2.04. The average molecular weight is 358 g/mol. The normalized spacial score (nSPS) is 12.1. The van der Waals surface area contributed by atoms with Crippen molar-refractivity contribution in [1.82, 2.24) is 0 Å². The highest BCUT2D eigenvalue weighted by Gasteiger charge is 2.39. The molecule has 0 saturated heterocycles. The Kier molecular flexibility index (Phi) is 4.55. The molecule has 0 saturated carbocycles. The third-order valence-corrected chi connectivity index (χ3v) is 8.30. The molecule has 0 radical (unpaired) electrons. The minimum absolute atomic E-state index is 0.108. The van der Waals surface area contributed by atoms with E-state index in [1.165, 1.54) is 24.3 Å². The van der Waals surface area contributed by atoms with Gasteiger partial charge < -0.3 is 0 Å². The van der Waals surface area contributed by atoms with Crippen LogP contribution in [0, 0.1) is 13.8 Å². The van der Waals surface area contributed by atoms with E-state index < -0.39 is 20.0 Å². The average Bonchev–Trinajstić information content (AvgIpc) is 2.47. The third kappa shape index (κ3) is 3.13. The van der Waals surface area contributed by atoms with Crippen LogP contribution in [0.1, 0.15) is 11.1 Å². The number of aryl methyl sites for hydroxylation is 2. The maximum absolute atomic E-state index is 12.4. The van der Waals surface area contributed by atoms with Gasteiger partial charge in [0.2, 0.25) is 0 Å². The van der Waals surface area contributed by atoms with Crippen molar-refractivity contribution in [3.05, 3.63) is 59.7 Å². The summed E-state index contributed by atoms with van der Waals surface area (Å²) in [5.41, 5.74) is 1.75. The molecule has 0 heterocycles. The van der Waals surface area contributed by atoms with Crippen LogP contribution in [0.3, 0.4) is 0 Å². The molecule has 2 aromatic rings. The lowest BCUT2D eigenvalue weighted by Crippen LogP contribution is -2.26. The van der Waals surface area contributed by atoms with E-state index >= 15 is 0 Å². The maximum atomic E-state index is 12.4. The van der Waals surface area contributed by atoms with E-state index in [-0.39, 0.29) is 12.5 Å². The van der Waals surface area contributed by atoms with Gasteiger partial charge >= 0.3 is 20.0 Å². The molecule has 0 aliphatic carbocycles. The molecule has 0 atom stereocenters. The van der Waals surface area contributed by atoms with Gasteiger partial charge in [0.25, 0.3) is 0 Å². The minimum Gasteiger partial charge on any atom is -0.156 e. The molecule has 0 aromatic heterocycles. The van der Waals surface area contributed by atoms with Gasteiger partial charge in [-0.05, 0) is 38.1 Å². The Morgan fingerprint density at radius 2 is 0.955 bits per heavy atom. The maximum Gasteiger partial charge on any atom is 0.417 e. The molecule has 2 aromatic carbocycles. The van der Waals surface area contributed by atoms with Gasteiger partial charge in [0, 0.05) is 2.76 Å². The Balaban J connectivity index is 2.50. The second-order valence-corrected chi connectivity index (χ2v) is 9.73. The largest absolute Gasteiger partial charge is 0.417 e. The lowest BCUT2D eigenvalue weighted by molar-refractivity contribution is -0.139. The second kappa shape index (κ2) is 5.94. The summed E-state index contributed by atoms with van der Waals surface area (Å²) in [6, 6.07) is 11.9. The lowest BCUT2D eigenvalue weighted by atomic mass is 10.2. The fraction of sp³-hybridized carbons (Fsp3) is 0.143. The molecule has 0 spiro atoms. The van der Waals surface area contributed by atoms with Crippen molar-refractivity contribution in [3.8, 4) is 0 Å². The van der Waals surface area contributed by atoms with Crippen molar-refractivity contribution in [1.29, 1.82) is 0 Å². The van der Waals surface area contributed by atoms with Crippen molar-refractivity contribution in [2.75, 3.05) is 0 Å². The Morgan fingerprint density at radius 1 is 0.682 bits per heavy atom. The predicted octanol–water partition coefficient (Wildman–Crippen LogP) is 1.59. The van der Waals surface area contributed by atoms with E-state index in [1.807, 2.05) is 13.8 Å². The summed E-state index contributed by atoms with van der Waals surface area (Å²) < 4.78 is 49.9. The van der Waals surface area contributed by atoms with Gasteiger partial charge in [-0.3, -0.25) is 0 Å². The summed E-state index contributed by atoms with van der Waals surface area (Å²) in [6.07, 6.45) is 0. The van der Waals surface area contributed by atoms with Crippen LogP contribution in [-0.4, -0.2) is 19.6 Å². The Labute approximate surface area is 135 Å². The Hall–Kier alpha value is -1.51. The fourth-order valence-corrected chi connectivity index (χ4v) is 5.27. The summed E-state index contributed by atoms with van der Waals surface area (Å²) in [5.74, 6) is 0. The molecule has 0 amide bonds. The van der Waals surface area contributed by atoms with Crippen LogP contribution >= 0.6 is 0 Å². The van der Waals surface area contributed by atoms with Crippen LogP contribution in [0.4, 0.5) is 0 Å². The summed E-state index contributed by atoms with van der Waals surface area (Å²) >= 11 is 2.75. The minimum atomic E-state index is -4.21. The van der Waals surface area contributed by atoms with Gasteiger partial charge in [-0.25, -0.2) is 0 Å². The van der Waals surface area contributed by atoms with Crippen LogP contribution in [0.5, 0.6) is 0 Å². The first-order chi connectivity index (χ1) is 10.2. The van der Waals surface area contributed by atoms with Crippen LogP contribution < -0.4 is 0 Å². The predicted molar refractivity (Wildman–Crippen MR) is 87.1 cm³/mol. The van der Waals surface area contributed by atoms with Crippen LogP contribution in [0.15, 0.2) is 58.3 Å². The van der Waals surface area contributed by atoms with Gasteiger partial charge in [0.1, 0.15) is 9.79 Å². The van der Waals surface area contributed by atoms with Gasteiger partial charge in [-0.2, -0.15) is 16.8 Å². The number of benzene rings is 2. The van der Waals surface area contributed by atoms with E-state index in [1.54, 1.807) is 24.3 Å². The Bertz CT molecular complexity index is 836. The molecule has 8 heteroatoms. The molecule has 22 heavy (non-hydrogen) atoms. The summed E-state index contributed by atoms with van der Waals surface area (Å²) in [6.45, 7) is 3.62. The molecule has 0 unspecified atom stereocenters. The number of rotatable bonds is 4. The van der Waals surface area contributed by atoms with Crippen molar-refractivity contribution >= 4 is 32.5 Å². The van der Waals surface area contributed by atoms with Crippen molar-refractivity contribution < 1.29 is 19.6 Å². The van der Waals surface area contributed by atoms with Gasteiger partial charge in [0.15, 0.2) is 0 Å². The summed E-state index contributed by atoms with van der Waals surface area (Å²) in [7, 11) is -8.43. The molecule has 0 bridgehead atoms. The second-order valence-electron chi connectivity index (χ2n) is 4.83. The molecule has 5 nitrogen and oxygen atoms in total. The Morgan fingerprint density at radius 3 is 1.23 bits per heavy atom. The molecule has 0 aliphatic rings. The fourth-order valence-electron chi connectivity index (χ4n) is 1.74. The highest BCUT2D eigenvalue weighted by molar-refractivity contribution is 7.99. The van der Waals surface area contributed by atoms with E-state index in [4.69, 9.17) is 0 Å². The highest BCUT2D eigenvalue weighted by Crippen LogP contribution is 2.20. The number of hydrogen-bond acceptors (Lipinski definition) is 4. The van der Waals surface area contributed by atoms with Crippen LogP contribution in [0.25, 0.3) is 0 Å². The third-order valence-electron chi connectivity index (χ3n) is 3.07. The molecule has 118 valence electrons. The molecular formula is C14H16NO4S3+. The topological polar surface area (TPSA) is 71.3 Å². The van der Waals surface area contributed by atoms with Crippen molar-refractivity contribution in [2.45, 2.75) is 23.6 Å². The molecule has 0 N–H and O–H groups in total. The standard InChI is InChI=1S/C14H16NO4S3/c1-11-3-7-13(8-4-11)21(16,17)15(20)22(18,19)14-9-5-12(2)6-10-14/h3-10H,20H2,1-2H3/q+1. The zero-order valence-electron chi connectivity index (χ0n) is 12.0. The first-order valence-electron chi connectivity index (χ1n) is 6.31. The molecule has 0 fully saturated rings. The highest BCUT2D eigenvalue weighted by atomic mass is 32.3. The summed E-state index contributed by atoms with van der Waals surface area (Å²) in [5, 5.41) is 0. The smallest absolute Gasteiger partial charge is 0.156 e. The first-order valence-corrected chi connectivity index (χ1v) is 9.63. The number of nitrogens with zero attached hydrogens (tertiary/aromatic N) is 1. The summed E-state index contributed by atoms with van der Waals surface area (Å²) in [4.78, 5) is -0.215. The molecule has 2 rings (SSSR count). The van der Waals surface area contributed by atoms with E-state index in [9.17, 15) is 16.8 Å². The molecule has 0 aliphatic heterocycles. The van der Waals surface area contributed by atoms with E-state index in [2.05, 4.69) is 12.4 Å². The zero-order valence-corrected chi connectivity index (χ0v) is 14.6. The van der Waals surface area contributed by atoms with Gasteiger partial charge in [0.05, 0.1) is 12.4 Å². The SMILES string of the molecule is Cc1ccc(S(=O)(=O)[N+](=[SH2])S(=O)(=O)c2ccc(C)cc2)cc1. The zero-order chi connectivity index (χ0) is 16.5. The van der Waals surface area contributed by atoms with E-state index in [0.717, 1.165) is 11.1 Å². The van der Waals surface area contributed by atoms with E-state index in [0.29, 0.717) is 0 Å². The van der Waals surface area contributed by atoms with Crippen LogP contribution in [0.2, 0.25) is 0 Å². The monoisotopic (exact) mass is 358 g/mol. The first kappa shape index (κ1) is 16.9. The quantitative estimate of drug-likeness (QED) is 0.778. The van der Waals surface area contributed by atoms with Crippen LogP contribution in [-0.2, 0) is 32.5 Å². The van der Waals surface area contributed by atoms with Crippen molar-refractivity contribution in [2.24, 2.45) is 0 Å². The van der Waals surface area contributed by atoms with Crippen molar-refractivity contribution in [3.63, 3.8) is 0 Å². The molecular weight excluding hydrogens is 342 g/mol. The number of sulfonamides is 2.